The molecule has 2 aromatic rings. The third-order valence-electron chi connectivity index (χ3n) is 3.53. The van der Waals surface area contributed by atoms with Crippen molar-refractivity contribution in [1.82, 2.24) is 25.5 Å². The summed E-state index contributed by atoms with van der Waals surface area (Å²) in [6, 6.07) is 3.28. The Morgan fingerprint density at radius 3 is 2.95 bits per heavy atom. The van der Waals surface area contributed by atoms with Crippen molar-refractivity contribution in [3.05, 3.63) is 36.0 Å². The van der Waals surface area contributed by atoms with Gasteiger partial charge in [0.2, 0.25) is 0 Å². The van der Waals surface area contributed by atoms with E-state index in [1.54, 1.807) is 18.3 Å². The number of amides is 1. The number of aromatic nitrogens is 4. The quantitative estimate of drug-likeness (QED) is 0.855. The number of rotatable bonds is 4. The molecule has 0 aromatic carbocycles. The first-order valence-corrected chi connectivity index (χ1v) is 7.19. The minimum Gasteiger partial charge on any atom is -0.378 e. The molecule has 0 spiro atoms. The lowest BCUT2D eigenvalue weighted by atomic mass is 10.2. The number of anilines is 1. The summed E-state index contributed by atoms with van der Waals surface area (Å²) in [6.45, 7) is 4.60. The van der Waals surface area contributed by atoms with Crippen molar-refractivity contribution in [3.63, 3.8) is 0 Å². The van der Waals surface area contributed by atoms with E-state index in [9.17, 15) is 4.79 Å². The normalized spacial score (nSPS) is 16.3. The Morgan fingerprint density at radius 1 is 1.41 bits per heavy atom. The van der Waals surface area contributed by atoms with Crippen molar-refractivity contribution in [1.29, 1.82) is 0 Å². The third-order valence-corrected chi connectivity index (χ3v) is 3.53. The first kappa shape index (κ1) is 14.5. The number of aromatic amines is 1. The fourth-order valence-corrected chi connectivity index (χ4v) is 2.37. The van der Waals surface area contributed by atoms with E-state index in [0.717, 1.165) is 13.1 Å². The molecule has 2 aromatic heterocycles. The molecule has 0 radical (unpaired) electrons. The molecule has 8 heteroatoms. The smallest absolute Gasteiger partial charge is 0.255 e. The maximum Gasteiger partial charge on any atom is 0.255 e. The van der Waals surface area contributed by atoms with Crippen LogP contribution < -0.4 is 10.2 Å². The number of carbonyl (C=O) groups is 1. The van der Waals surface area contributed by atoms with Crippen LogP contribution in [0.15, 0.2) is 24.7 Å². The van der Waals surface area contributed by atoms with Crippen molar-refractivity contribution in [2.45, 2.75) is 13.0 Å². The van der Waals surface area contributed by atoms with E-state index in [4.69, 9.17) is 4.74 Å². The monoisotopic (exact) mass is 302 g/mol. The van der Waals surface area contributed by atoms with Crippen molar-refractivity contribution in [2.75, 3.05) is 31.2 Å². The molecule has 1 fully saturated rings. The lowest BCUT2D eigenvalue weighted by molar-refractivity contribution is 0.0936. The van der Waals surface area contributed by atoms with E-state index in [-0.39, 0.29) is 11.9 Å². The van der Waals surface area contributed by atoms with Gasteiger partial charge in [-0.25, -0.2) is 9.97 Å². The average molecular weight is 302 g/mol. The molecule has 3 rings (SSSR count). The third kappa shape index (κ3) is 3.06. The van der Waals surface area contributed by atoms with Crippen LogP contribution in [-0.4, -0.2) is 52.4 Å². The molecule has 2 N–H and O–H groups in total. The van der Waals surface area contributed by atoms with E-state index in [1.807, 2.05) is 6.92 Å². The van der Waals surface area contributed by atoms with Crippen molar-refractivity contribution in [3.8, 4) is 0 Å². The van der Waals surface area contributed by atoms with Gasteiger partial charge in [0.25, 0.3) is 5.91 Å². The molecule has 1 saturated heterocycles. The lowest BCUT2D eigenvalue weighted by Crippen LogP contribution is -2.38. The highest BCUT2D eigenvalue weighted by Gasteiger charge is 2.21. The second-order valence-corrected chi connectivity index (χ2v) is 5.04. The van der Waals surface area contributed by atoms with Gasteiger partial charge in [-0.15, -0.1) is 0 Å². The predicted molar refractivity (Wildman–Crippen MR) is 79.5 cm³/mol. The molecular formula is C14H18N6O2. The molecule has 116 valence electrons. The first-order valence-electron chi connectivity index (χ1n) is 7.19. The van der Waals surface area contributed by atoms with Crippen LogP contribution in [0.5, 0.6) is 0 Å². The molecule has 22 heavy (non-hydrogen) atoms. The molecule has 1 unspecified atom stereocenters. The van der Waals surface area contributed by atoms with Crippen LogP contribution >= 0.6 is 0 Å². The Bertz CT molecular complexity index is 624. The molecule has 0 aliphatic carbocycles. The molecule has 3 heterocycles. The highest BCUT2D eigenvalue weighted by atomic mass is 16.5. The minimum absolute atomic E-state index is 0.182. The fourth-order valence-electron chi connectivity index (χ4n) is 2.37. The highest BCUT2D eigenvalue weighted by Crippen LogP contribution is 2.19. The van der Waals surface area contributed by atoms with Gasteiger partial charge in [0.1, 0.15) is 18.0 Å². The number of nitrogens with zero attached hydrogens (tertiary/aromatic N) is 4. The van der Waals surface area contributed by atoms with Crippen LogP contribution in [0.1, 0.15) is 29.1 Å². The fraction of sp³-hybridized carbons (Fsp3) is 0.429. The van der Waals surface area contributed by atoms with Crippen LogP contribution in [0, 0.1) is 0 Å². The van der Waals surface area contributed by atoms with Crippen molar-refractivity contribution >= 4 is 11.7 Å². The summed E-state index contributed by atoms with van der Waals surface area (Å²) in [6.07, 6.45) is 3.11. The maximum atomic E-state index is 12.5. The second kappa shape index (κ2) is 6.52. The van der Waals surface area contributed by atoms with Gasteiger partial charge in [0, 0.05) is 19.3 Å². The van der Waals surface area contributed by atoms with E-state index < -0.39 is 0 Å². The SMILES string of the molecule is CC(NC(=O)c1cccnc1N1CCOCC1)c1ncn[nH]1. The number of H-pyrrole nitrogens is 1. The molecular weight excluding hydrogens is 284 g/mol. The summed E-state index contributed by atoms with van der Waals surface area (Å²) in [5.74, 6) is 1.12. The number of ether oxygens (including phenoxy) is 1. The zero-order valence-electron chi connectivity index (χ0n) is 12.3. The summed E-state index contributed by atoms with van der Waals surface area (Å²) >= 11 is 0. The van der Waals surface area contributed by atoms with Crippen LogP contribution in [0.2, 0.25) is 0 Å². The van der Waals surface area contributed by atoms with Crippen LogP contribution in [0.3, 0.4) is 0 Å². The first-order chi connectivity index (χ1) is 10.8. The van der Waals surface area contributed by atoms with Gasteiger partial charge in [-0.05, 0) is 19.1 Å². The van der Waals surface area contributed by atoms with Gasteiger partial charge in [0.05, 0.1) is 24.8 Å². The van der Waals surface area contributed by atoms with Crippen LogP contribution in [0.25, 0.3) is 0 Å². The van der Waals surface area contributed by atoms with Crippen LogP contribution in [0.4, 0.5) is 5.82 Å². The number of hydrogen-bond acceptors (Lipinski definition) is 6. The highest BCUT2D eigenvalue weighted by molar-refractivity contribution is 5.99. The Morgan fingerprint density at radius 2 is 2.23 bits per heavy atom. The molecule has 1 aliphatic heterocycles. The summed E-state index contributed by atoms with van der Waals surface area (Å²) in [5.41, 5.74) is 0.552. The number of pyridine rings is 1. The number of carbonyl (C=O) groups excluding carboxylic acids is 1. The van der Waals surface area contributed by atoms with Gasteiger partial charge in [-0.3, -0.25) is 9.89 Å². The molecule has 1 amide bonds. The Labute approximate surface area is 127 Å². The zero-order chi connectivity index (χ0) is 15.4. The second-order valence-electron chi connectivity index (χ2n) is 5.04. The maximum absolute atomic E-state index is 12.5. The van der Waals surface area contributed by atoms with Gasteiger partial charge >= 0.3 is 0 Å². The Kier molecular flexibility index (Phi) is 4.29. The predicted octanol–water partition coefficient (Wildman–Crippen LogP) is 0.527. The van der Waals surface area contributed by atoms with E-state index in [1.165, 1.54) is 6.33 Å². The van der Waals surface area contributed by atoms with Gasteiger partial charge in [-0.2, -0.15) is 5.10 Å². The average Bonchev–Trinajstić information content (AvgIpc) is 3.10. The summed E-state index contributed by atoms with van der Waals surface area (Å²) in [4.78, 5) is 23.0. The minimum atomic E-state index is -0.257. The van der Waals surface area contributed by atoms with Crippen LogP contribution in [-0.2, 0) is 4.74 Å². The van der Waals surface area contributed by atoms with E-state index in [2.05, 4.69) is 30.4 Å². The Balaban J connectivity index is 1.77. The number of nitrogens with one attached hydrogen (secondary N) is 2. The molecule has 1 aliphatic rings. The van der Waals surface area contributed by atoms with Gasteiger partial charge in [-0.1, -0.05) is 0 Å². The summed E-state index contributed by atoms with van der Waals surface area (Å²) in [7, 11) is 0. The van der Waals surface area contributed by atoms with Crippen molar-refractivity contribution < 1.29 is 9.53 Å². The molecule has 0 bridgehead atoms. The topological polar surface area (TPSA) is 96.0 Å². The van der Waals surface area contributed by atoms with E-state index in [0.29, 0.717) is 30.4 Å². The molecule has 8 nitrogen and oxygen atoms in total. The lowest BCUT2D eigenvalue weighted by Gasteiger charge is -2.29. The molecule has 0 saturated carbocycles. The zero-order valence-corrected chi connectivity index (χ0v) is 12.3. The standard InChI is InChI=1S/C14H18N6O2/c1-10(12-16-9-17-19-12)18-14(21)11-3-2-4-15-13(11)20-5-7-22-8-6-20/h2-4,9-10H,5-8H2,1H3,(H,18,21)(H,16,17,19). The van der Waals surface area contributed by atoms with Gasteiger partial charge < -0.3 is 15.0 Å². The largest absolute Gasteiger partial charge is 0.378 e. The summed E-state index contributed by atoms with van der Waals surface area (Å²) < 4.78 is 5.35. The summed E-state index contributed by atoms with van der Waals surface area (Å²) in [5, 5.41) is 9.45. The van der Waals surface area contributed by atoms with E-state index >= 15 is 0 Å². The van der Waals surface area contributed by atoms with Crippen molar-refractivity contribution in [2.24, 2.45) is 0 Å². The molecule has 1 atom stereocenters. The Hall–Kier alpha value is -2.48. The van der Waals surface area contributed by atoms with Gasteiger partial charge in [0.15, 0.2) is 0 Å². The number of hydrogen-bond donors (Lipinski definition) is 2. The number of morpholine rings is 1.